The van der Waals surface area contributed by atoms with Gasteiger partial charge >= 0.3 is 0 Å². The van der Waals surface area contributed by atoms with Crippen LogP contribution in [-0.4, -0.2) is 41.1 Å². The van der Waals surface area contributed by atoms with Crippen LogP contribution in [0.1, 0.15) is 5.56 Å². The van der Waals surface area contributed by atoms with Gasteiger partial charge in [-0.15, -0.1) is 12.4 Å². The first-order chi connectivity index (χ1) is 12.3. The van der Waals surface area contributed by atoms with Crippen molar-refractivity contribution >= 4 is 46.7 Å². The standard InChI is InChI=1S/C18H19ClN6.ClH/c19-15-4-2-1-3-13(15)11-22-18-23-12-14-16(24-18)5-6-21-17(14)25-9-7-20-8-10-25;/h1-6,12,20H,7-11H2,(H,22,23,24);1H. The summed E-state index contributed by atoms with van der Waals surface area (Å²) in [5.74, 6) is 1.54. The topological polar surface area (TPSA) is 66.0 Å². The van der Waals surface area contributed by atoms with Crippen LogP contribution >= 0.6 is 24.0 Å². The van der Waals surface area contributed by atoms with Gasteiger partial charge in [0.05, 0.1) is 10.9 Å². The van der Waals surface area contributed by atoms with E-state index in [2.05, 4.69) is 30.5 Å². The first-order valence-electron chi connectivity index (χ1n) is 8.36. The molecule has 0 saturated carbocycles. The summed E-state index contributed by atoms with van der Waals surface area (Å²) in [5.41, 5.74) is 1.91. The van der Waals surface area contributed by atoms with Crippen LogP contribution in [0.3, 0.4) is 0 Å². The van der Waals surface area contributed by atoms with Crippen molar-refractivity contribution in [1.29, 1.82) is 0 Å². The Morgan fingerprint density at radius 1 is 1.12 bits per heavy atom. The highest BCUT2D eigenvalue weighted by molar-refractivity contribution is 6.31. The molecular weight excluding hydrogens is 371 g/mol. The van der Waals surface area contributed by atoms with Crippen molar-refractivity contribution in [1.82, 2.24) is 20.3 Å². The Morgan fingerprint density at radius 2 is 1.92 bits per heavy atom. The van der Waals surface area contributed by atoms with Crippen LogP contribution in [-0.2, 0) is 6.54 Å². The third-order valence-electron chi connectivity index (χ3n) is 4.30. The zero-order valence-corrected chi connectivity index (χ0v) is 15.7. The molecule has 8 heteroatoms. The molecule has 0 amide bonds. The van der Waals surface area contributed by atoms with Gasteiger partial charge in [0.15, 0.2) is 0 Å². The lowest BCUT2D eigenvalue weighted by Gasteiger charge is -2.29. The van der Waals surface area contributed by atoms with Crippen molar-refractivity contribution in [3.8, 4) is 0 Å². The molecule has 0 bridgehead atoms. The van der Waals surface area contributed by atoms with Crippen molar-refractivity contribution in [2.24, 2.45) is 0 Å². The minimum atomic E-state index is 0. The van der Waals surface area contributed by atoms with E-state index in [9.17, 15) is 0 Å². The second-order valence-electron chi connectivity index (χ2n) is 5.94. The van der Waals surface area contributed by atoms with Gasteiger partial charge in [0.25, 0.3) is 0 Å². The summed E-state index contributed by atoms with van der Waals surface area (Å²) in [6.45, 7) is 4.41. The molecule has 1 aliphatic rings. The largest absolute Gasteiger partial charge is 0.353 e. The molecular formula is C18H20Cl2N6. The normalized spacial score (nSPS) is 14.1. The maximum Gasteiger partial charge on any atom is 0.223 e. The molecule has 2 N–H and O–H groups in total. The van der Waals surface area contributed by atoms with Crippen LogP contribution in [0, 0.1) is 0 Å². The minimum Gasteiger partial charge on any atom is -0.353 e. The number of hydrogen-bond donors (Lipinski definition) is 2. The molecule has 4 rings (SSSR count). The van der Waals surface area contributed by atoms with E-state index in [1.807, 2.05) is 42.7 Å². The van der Waals surface area contributed by atoms with Crippen molar-refractivity contribution in [3.05, 3.63) is 53.3 Å². The molecule has 1 fully saturated rings. The fourth-order valence-corrected chi connectivity index (χ4v) is 3.17. The van der Waals surface area contributed by atoms with E-state index in [0.29, 0.717) is 12.5 Å². The average Bonchev–Trinajstić information content (AvgIpc) is 2.67. The lowest BCUT2D eigenvalue weighted by Crippen LogP contribution is -2.44. The lowest BCUT2D eigenvalue weighted by molar-refractivity contribution is 0.586. The Balaban J connectivity index is 0.00000196. The number of fused-ring (bicyclic) bond motifs is 1. The number of pyridine rings is 1. The van der Waals surface area contributed by atoms with Gasteiger partial charge in [-0.25, -0.2) is 15.0 Å². The number of nitrogens with one attached hydrogen (secondary N) is 2. The summed E-state index contributed by atoms with van der Waals surface area (Å²) in [5, 5.41) is 8.32. The van der Waals surface area contributed by atoms with Gasteiger partial charge in [-0.3, -0.25) is 0 Å². The van der Waals surface area contributed by atoms with Crippen LogP contribution in [0.2, 0.25) is 5.02 Å². The number of piperazine rings is 1. The Morgan fingerprint density at radius 3 is 2.73 bits per heavy atom. The highest BCUT2D eigenvalue weighted by Crippen LogP contribution is 2.24. The molecule has 0 radical (unpaired) electrons. The number of rotatable bonds is 4. The molecule has 26 heavy (non-hydrogen) atoms. The number of nitrogens with zero attached hydrogens (tertiary/aromatic N) is 4. The fourth-order valence-electron chi connectivity index (χ4n) is 2.97. The first kappa shape index (κ1) is 18.6. The summed E-state index contributed by atoms with van der Waals surface area (Å²) in [6.07, 6.45) is 3.66. The maximum atomic E-state index is 6.19. The molecule has 0 unspecified atom stereocenters. The molecule has 6 nitrogen and oxygen atoms in total. The lowest BCUT2D eigenvalue weighted by atomic mass is 10.2. The Hall–Kier alpha value is -2.15. The number of anilines is 2. The molecule has 0 aliphatic carbocycles. The van der Waals surface area contributed by atoms with Crippen LogP contribution in [0.4, 0.5) is 11.8 Å². The maximum absolute atomic E-state index is 6.19. The monoisotopic (exact) mass is 390 g/mol. The zero-order valence-electron chi connectivity index (χ0n) is 14.2. The minimum absolute atomic E-state index is 0. The Bertz CT molecular complexity index is 882. The third-order valence-corrected chi connectivity index (χ3v) is 4.67. The van der Waals surface area contributed by atoms with Gasteiger partial charge in [0, 0.05) is 50.1 Å². The van der Waals surface area contributed by atoms with Crippen LogP contribution in [0.5, 0.6) is 0 Å². The predicted molar refractivity (Wildman–Crippen MR) is 108 cm³/mol. The molecule has 1 aliphatic heterocycles. The van der Waals surface area contributed by atoms with E-state index < -0.39 is 0 Å². The van der Waals surface area contributed by atoms with Gasteiger partial charge < -0.3 is 15.5 Å². The van der Waals surface area contributed by atoms with Gasteiger partial charge in [0.2, 0.25) is 5.95 Å². The van der Waals surface area contributed by atoms with Crippen LogP contribution < -0.4 is 15.5 Å². The van der Waals surface area contributed by atoms with E-state index >= 15 is 0 Å². The first-order valence-corrected chi connectivity index (χ1v) is 8.74. The predicted octanol–water partition coefficient (Wildman–Crippen LogP) is 3.12. The molecule has 3 aromatic rings. The molecule has 3 heterocycles. The van der Waals surface area contributed by atoms with Crippen LogP contribution in [0.25, 0.3) is 10.9 Å². The summed E-state index contributed by atoms with van der Waals surface area (Å²) in [7, 11) is 0. The quantitative estimate of drug-likeness (QED) is 0.713. The number of halogens is 2. The van der Waals surface area contributed by atoms with E-state index in [1.165, 1.54) is 0 Å². The fraction of sp³-hybridized carbons (Fsp3) is 0.278. The highest BCUT2D eigenvalue weighted by atomic mass is 35.5. The molecule has 0 atom stereocenters. The summed E-state index contributed by atoms with van der Waals surface area (Å²) in [6, 6.07) is 9.68. The summed E-state index contributed by atoms with van der Waals surface area (Å²) >= 11 is 6.19. The Labute approximate surface area is 163 Å². The SMILES string of the molecule is Cl.Clc1ccccc1CNc1ncc2c(N3CCNCC3)nccc2n1. The average molecular weight is 391 g/mol. The molecule has 2 aromatic heterocycles. The second kappa shape index (κ2) is 8.49. The van der Waals surface area contributed by atoms with Crippen molar-refractivity contribution < 1.29 is 0 Å². The van der Waals surface area contributed by atoms with Gasteiger partial charge in [-0.05, 0) is 17.7 Å². The van der Waals surface area contributed by atoms with Gasteiger partial charge in [0.1, 0.15) is 5.82 Å². The molecule has 0 spiro atoms. The molecule has 1 aromatic carbocycles. The molecule has 136 valence electrons. The Kier molecular flexibility index (Phi) is 6.08. The number of aromatic nitrogens is 3. The number of benzene rings is 1. The van der Waals surface area contributed by atoms with E-state index in [0.717, 1.165) is 53.5 Å². The van der Waals surface area contributed by atoms with Crippen molar-refractivity contribution in [3.63, 3.8) is 0 Å². The van der Waals surface area contributed by atoms with Crippen molar-refractivity contribution in [2.75, 3.05) is 36.4 Å². The number of hydrogen-bond acceptors (Lipinski definition) is 6. The second-order valence-corrected chi connectivity index (χ2v) is 6.35. The molecule has 1 saturated heterocycles. The van der Waals surface area contributed by atoms with Crippen LogP contribution in [0.15, 0.2) is 42.7 Å². The van der Waals surface area contributed by atoms with E-state index in [4.69, 9.17) is 11.6 Å². The summed E-state index contributed by atoms with van der Waals surface area (Å²) < 4.78 is 0. The van der Waals surface area contributed by atoms with E-state index in [-0.39, 0.29) is 12.4 Å². The van der Waals surface area contributed by atoms with Crippen molar-refractivity contribution in [2.45, 2.75) is 6.54 Å². The zero-order chi connectivity index (χ0) is 17.1. The van der Waals surface area contributed by atoms with Gasteiger partial charge in [-0.2, -0.15) is 0 Å². The van der Waals surface area contributed by atoms with Gasteiger partial charge in [-0.1, -0.05) is 29.8 Å². The van der Waals surface area contributed by atoms with E-state index in [1.54, 1.807) is 0 Å². The smallest absolute Gasteiger partial charge is 0.223 e. The highest BCUT2D eigenvalue weighted by Gasteiger charge is 2.15. The summed E-state index contributed by atoms with van der Waals surface area (Å²) in [4.78, 5) is 15.9. The third kappa shape index (κ3) is 3.98.